The van der Waals surface area contributed by atoms with Crippen LogP contribution in [0.25, 0.3) is 5.65 Å². The van der Waals surface area contributed by atoms with Crippen LogP contribution in [0.3, 0.4) is 0 Å². The van der Waals surface area contributed by atoms with Gasteiger partial charge in [0.25, 0.3) is 5.56 Å². The smallest absolute Gasteiger partial charge is 0.258 e. The third-order valence-corrected chi connectivity index (χ3v) is 6.71. The van der Waals surface area contributed by atoms with Gasteiger partial charge in [-0.3, -0.25) is 18.9 Å². The molecule has 8 nitrogen and oxygen atoms in total. The summed E-state index contributed by atoms with van der Waals surface area (Å²) in [6.45, 7) is 5.02. The van der Waals surface area contributed by atoms with Crippen LogP contribution in [0.2, 0.25) is 0 Å². The Hall–Kier alpha value is -2.45. The minimum atomic E-state index is -0.195. The number of piperidine rings is 1. The highest BCUT2D eigenvalue weighted by atomic mass is 16.5. The van der Waals surface area contributed by atoms with E-state index in [1.807, 2.05) is 4.90 Å². The second-order valence-corrected chi connectivity index (χ2v) is 8.40. The second-order valence-electron chi connectivity index (χ2n) is 8.40. The van der Waals surface area contributed by atoms with Crippen LogP contribution in [-0.4, -0.2) is 69.6 Å². The van der Waals surface area contributed by atoms with E-state index in [1.165, 1.54) is 16.5 Å². The van der Waals surface area contributed by atoms with Crippen LogP contribution in [0.4, 0.5) is 0 Å². The van der Waals surface area contributed by atoms with Crippen molar-refractivity contribution >= 4 is 11.6 Å². The second kappa shape index (κ2) is 7.42. The molecular formula is C21H26N4O4. The number of aromatic nitrogens is 2. The third kappa shape index (κ3) is 3.40. The summed E-state index contributed by atoms with van der Waals surface area (Å²) >= 11 is 0. The van der Waals surface area contributed by atoms with Crippen molar-refractivity contribution in [2.45, 2.75) is 19.4 Å². The molecule has 0 radical (unpaired) electrons. The molecule has 1 amide bonds. The quantitative estimate of drug-likeness (QED) is 0.820. The monoisotopic (exact) mass is 398 g/mol. The number of nitrogens with zero attached hydrogens (tertiary/aromatic N) is 4. The van der Waals surface area contributed by atoms with Crippen molar-refractivity contribution in [2.75, 3.05) is 39.4 Å². The van der Waals surface area contributed by atoms with Crippen LogP contribution in [-0.2, 0) is 16.1 Å². The topological polar surface area (TPSA) is 87.4 Å². The molecule has 2 aromatic rings. The van der Waals surface area contributed by atoms with E-state index in [1.54, 1.807) is 12.3 Å². The van der Waals surface area contributed by atoms with Gasteiger partial charge in [0.2, 0.25) is 5.91 Å². The van der Waals surface area contributed by atoms with Gasteiger partial charge in [-0.2, -0.15) is 0 Å². The maximum Gasteiger partial charge on any atom is 0.258 e. The first-order chi connectivity index (χ1) is 14.1. The lowest BCUT2D eigenvalue weighted by Crippen LogP contribution is -2.56. The number of ether oxygens (including phenoxy) is 1. The molecule has 1 saturated carbocycles. The summed E-state index contributed by atoms with van der Waals surface area (Å²) in [6.07, 6.45) is 3.68. The Labute approximate surface area is 168 Å². The molecule has 5 rings (SSSR count). The predicted molar refractivity (Wildman–Crippen MR) is 106 cm³/mol. The first-order valence-corrected chi connectivity index (χ1v) is 10.4. The molecule has 0 aromatic carbocycles. The van der Waals surface area contributed by atoms with Gasteiger partial charge in [0.05, 0.1) is 18.9 Å². The molecule has 2 aromatic heterocycles. The molecular weight excluding hydrogens is 372 g/mol. The molecule has 0 spiro atoms. The van der Waals surface area contributed by atoms with E-state index in [-0.39, 0.29) is 28.8 Å². The number of hydrogen-bond acceptors (Lipinski definition) is 6. The SMILES string of the molecule is O=C([C@@H]1C[C@H]2CCN(Cc3cc(=O)n4cccc(O)c4n3)C[C@H]21)N1CCOCC1. The Morgan fingerprint density at radius 1 is 1.28 bits per heavy atom. The maximum absolute atomic E-state index is 12.9. The molecule has 29 heavy (non-hydrogen) atoms. The minimum absolute atomic E-state index is 0.000299. The van der Waals surface area contributed by atoms with Crippen molar-refractivity contribution in [1.82, 2.24) is 19.2 Å². The Balaban J connectivity index is 1.28. The molecule has 154 valence electrons. The molecule has 3 aliphatic rings. The summed E-state index contributed by atoms with van der Waals surface area (Å²) in [5, 5.41) is 10.0. The average molecular weight is 398 g/mol. The van der Waals surface area contributed by atoms with Crippen LogP contribution in [0.15, 0.2) is 29.2 Å². The number of morpholine rings is 1. The summed E-state index contributed by atoms with van der Waals surface area (Å²) in [5.41, 5.74) is 0.749. The lowest BCUT2D eigenvalue weighted by Gasteiger charge is -2.51. The first-order valence-electron chi connectivity index (χ1n) is 10.4. The third-order valence-electron chi connectivity index (χ3n) is 6.71. The van der Waals surface area contributed by atoms with Gasteiger partial charge in [0.15, 0.2) is 11.4 Å². The van der Waals surface area contributed by atoms with E-state index < -0.39 is 0 Å². The summed E-state index contributed by atoms with van der Waals surface area (Å²) < 4.78 is 6.72. The van der Waals surface area contributed by atoms with Crippen molar-refractivity contribution < 1.29 is 14.6 Å². The highest BCUT2D eigenvalue weighted by molar-refractivity contribution is 5.80. The molecule has 4 heterocycles. The van der Waals surface area contributed by atoms with Crippen molar-refractivity contribution in [3.05, 3.63) is 40.4 Å². The molecule has 8 heteroatoms. The largest absolute Gasteiger partial charge is 0.504 e. The molecule has 3 atom stereocenters. The number of likely N-dealkylation sites (tertiary alicyclic amines) is 1. The fraction of sp³-hybridized carbons (Fsp3) is 0.571. The number of carbonyl (C=O) groups is 1. The molecule has 1 N–H and O–H groups in total. The predicted octanol–water partition coefficient (Wildman–Crippen LogP) is 0.717. The summed E-state index contributed by atoms with van der Waals surface area (Å²) in [4.78, 5) is 34.0. The fourth-order valence-corrected chi connectivity index (χ4v) is 5.07. The van der Waals surface area contributed by atoms with Crippen LogP contribution < -0.4 is 5.56 Å². The lowest BCUT2D eigenvalue weighted by molar-refractivity contribution is -0.152. The van der Waals surface area contributed by atoms with Gasteiger partial charge in [-0.05, 0) is 43.4 Å². The Kier molecular flexibility index (Phi) is 4.75. The standard InChI is InChI=1S/C21H26N4O4/c26-18-2-1-4-25-19(27)11-15(22-20(18)25)12-23-5-3-14-10-16(17(14)13-23)21(28)24-6-8-29-9-7-24/h1-2,4,11,14,16-17,26H,3,5-10,12-13H2/t14-,16-,17-/m1/s1. The van der Waals surface area contributed by atoms with Gasteiger partial charge in [0.1, 0.15) is 0 Å². The number of hydrogen-bond donors (Lipinski definition) is 1. The van der Waals surface area contributed by atoms with Gasteiger partial charge < -0.3 is 14.7 Å². The van der Waals surface area contributed by atoms with E-state index in [0.717, 1.165) is 25.9 Å². The Morgan fingerprint density at radius 3 is 2.93 bits per heavy atom. The van der Waals surface area contributed by atoms with Crippen LogP contribution in [0.5, 0.6) is 5.75 Å². The van der Waals surface area contributed by atoms with E-state index in [0.29, 0.717) is 50.4 Å². The van der Waals surface area contributed by atoms with Crippen molar-refractivity contribution in [1.29, 1.82) is 0 Å². The van der Waals surface area contributed by atoms with E-state index >= 15 is 0 Å². The number of carbonyl (C=O) groups excluding carboxylic acids is 1. The van der Waals surface area contributed by atoms with Gasteiger partial charge in [-0.1, -0.05) is 0 Å². The van der Waals surface area contributed by atoms with Crippen molar-refractivity contribution in [2.24, 2.45) is 17.8 Å². The lowest BCUT2D eigenvalue weighted by atomic mass is 9.61. The molecule has 1 aliphatic carbocycles. The zero-order valence-corrected chi connectivity index (χ0v) is 16.4. The van der Waals surface area contributed by atoms with Gasteiger partial charge in [0, 0.05) is 44.4 Å². The fourth-order valence-electron chi connectivity index (χ4n) is 5.07. The number of aromatic hydroxyl groups is 1. The molecule has 3 fully saturated rings. The van der Waals surface area contributed by atoms with Crippen LogP contribution in [0, 0.1) is 17.8 Å². The highest BCUT2D eigenvalue weighted by Crippen LogP contribution is 2.46. The Morgan fingerprint density at radius 2 is 2.10 bits per heavy atom. The molecule has 0 bridgehead atoms. The van der Waals surface area contributed by atoms with Gasteiger partial charge in [-0.15, -0.1) is 0 Å². The molecule has 0 unspecified atom stereocenters. The number of fused-ring (bicyclic) bond motifs is 2. The summed E-state index contributed by atoms with van der Waals surface area (Å²) in [6, 6.07) is 4.70. The van der Waals surface area contributed by atoms with Gasteiger partial charge >= 0.3 is 0 Å². The first kappa shape index (κ1) is 18.6. The van der Waals surface area contributed by atoms with Crippen molar-refractivity contribution in [3.63, 3.8) is 0 Å². The molecule has 2 aliphatic heterocycles. The highest BCUT2D eigenvalue weighted by Gasteiger charge is 2.48. The average Bonchev–Trinajstić information content (AvgIpc) is 2.71. The zero-order chi connectivity index (χ0) is 20.0. The number of rotatable bonds is 3. The van der Waals surface area contributed by atoms with E-state index in [9.17, 15) is 14.7 Å². The minimum Gasteiger partial charge on any atom is -0.504 e. The van der Waals surface area contributed by atoms with E-state index in [4.69, 9.17) is 4.74 Å². The van der Waals surface area contributed by atoms with Crippen molar-refractivity contribution in [3.8, 4) is 5.75 Å². The maximum atomic E-state index is 12.9. The normalized spacial score (nSPS) is 27.4. The zero-order valence-electron chi connectivity index (χ0n) is 16.4. The van der Waals surface area contributed by atoms with Crippen LogP contribution >= 0.6 is 0 Å². The van der Waals surface area contributed by atoms with Crippen LogP contribution in [0.1, 0.15) is 18.5 Å². The van der Waals surface area contributed by atoms with E-state index in [2.05, 4.69) is 9.88 Å². The summed E-state index contributed by atoms with van der Waals surface area (Å²) in [7, 11) is 0. The molecule has 2 saturated heterocycles. The summed E-state index contributed by atoms with van der Waals surface area (Å²) in [5.74, 6) is 1.40. The van der Waals surface area contributed by atoms with Gasteiger partial charge in [-0.25, -0.2) is 4.98 Å². The number of pyridine rings is 1. The Bertz CT molecular complexity index is 984. The number of amides is 1.